The standard InChI is InChI=1S/C11H18N4O/c12-10-5-6-11(15-14-10)13-7-8-3-1-2-4-9(8)16/h5-6,8-9,16H,1-4,7H2,(H2,12,14)(H,13,15). The lowest BCUT2D eigenvalue weighted by Crippen LogP contribution is -2.30. The second-order valence-corrected chi connectivity index (χ2v) is 4.34. The van der Waals surface area contributed by atoms with Gasteiger partial charge in [-0.15, -0.1) is 10.2 Å². The summed E-state index contributed by atoms with van der Waals surface area (Å²) < 4.78 is 0. The molecule has 5 heteroatoms. The van der Waals surface area contributed by atoms with Crippen molar-refractivity contribution in [1.29, 1.82) is 0 Å². The van der Waals surface area contributed by atoms with Gasteiger partial charge < -0.3 is 16.2 Å². The number of nitrogen functional groups attached to an aromatic ring is 1. The molecular formula is C11H18N4O. The number of nitrogens with two attached hydrogens (primary N) is 1. The van der Waals surface area contributed by atoms with E-state index in [4.69, 9.17) is 5.73 Å². The van der Waals surface area contributed by atoms with Gasteiger partial charge in [0, 0.05) is 12.5 Å². The molecule has 2 rings (SSSR count). The van der Waals surface area contributed by atoms with E-state index in [9.17, 15) is 5.11 Å². The fraction of sp³-hybridized carbons (Fsp3) is 0.636. The molecule has 1 fully saturated rings. The van der Waals surface area contributed by atoms with Gasteiger partial charge in [0.2, 0.25) is 0 Å². The van der Waals surface area contributed by atoms with Crippen molar-refractivity contribution >= 4 is 11.6 Å². The Hall–Kier alpha value is -1.36. The molecule has 2 unspecified atom stereocenters. The summed E-state index contributed by atoms with van der Waals surface area (Å²) in [6.07, 6.45) is 4.16. The number of nitrogens with zero attached hydrogens (tertiary/aromatic N) is 2. The molecule has 1 aromatic heterocycles. The molecule has 2 atom stereocenters. The predicted molar refractivity (Wildman–Crippen MR) is 62.9 cm³/mol. The molecule has 1 aromatic rings. The van der Waals surface area contributed by atoms with Gasteiger partial charge in [-0.1, -0.05) is 12.8 Å². The third-order valence-corrected chi connectivity index (χ3v) is 3.10. The number of hydrogen-bond acceptors (Lipinski definition) is 5. The van der Waals surface area contributed by atoms with Crippen molar-refractivity contribution < 1.29 is 5.11 Å². The molecule has 4 N–H and O–H groups in total. The van der Waals surface area contributed by atoms with E-state index in [-0.39, 0.29) is 6.10 Å². The zero-order valence-electron chi connectivity index (χ0n) is 9.26. The maximum absolute atomic E-state index is 9.80. The van der Waals surface area contributed by atoms with Crippen LogP contribution >= 0.6 is 0 Å². The molecule has 0 aromatic carbocycles. The van der Waals surface area contributed by atoms with Gasteiger partial charge in [0.1, 0.15) is 11.6 Å². The minimum absolute atomic E-state index is 0.178. The van der Waals surface area contributed by atoms with Crippen LogP contribution in [0.25, 0.3) is 0 Å². The Labute approximate surface area is 95.1 Å². The van der Waals surface area contributed by atoms with Gasteiger partial charge in [0.05, 0.1) is 6.10 Å². The summed E-state index contributed by atoms with van der Waals surface area (Å²) >= 11 is 0. The summed E-state index contributed by atoms with van der Waals surface area (Å²) in [5.41, 5.74) is 5.45. The lowest BCUT2D eigenvalue weighted by Gasteiger charge is -2.27. The van der Waals surface area contributed by atoms with Crippen LogP contribution in [0.3, 0.4) is 0 Å². The third kappa shape index (κ3) is 2.82. The highest BCUT2D eigenvalue weighted by molar-refractivity contribution is 5.38. The van der Waals surface area contributed by atoms with Crippen molar-refractivity contribution in [3.63, 3.8) is 0 Å². The molecule has 0 radical (unpaired) electrons. The average Bonchev–Trinajstić information content (AvgIpc) is 2.30. The number of aliphatic hydroxyl groups is 1. The quantitative estimate of drug-likeness (QED) is 0.711. The summed E-state index contributed by atoms with van der Waals surface area (Å²) in [6, 6.07) is 3.52. The number of rotatable bonds is 3. The zero-order valence-corrected chi connectivity index (χ0v) is 9.26. The van der Waals surface area contributed by atoms with Gasteiger partial charge in [-0.25, -0.2) is 0 Å². The molecule has 1 aliphatic rings. The van der Waals surface area contributed by atoms with Crippen molar-refractivity contribution in [2.24, 2.45) is 5.92 Å². The SMILES string of the molecule is Nc1ccc(NCC2CCCCC2O)nn1. The van der Waals surface area contributed by atoms with Gasteiger partial charge in [0.25, 0.3) is 0 Å². The first kappa shape index (κ1) is 11.1. The Kier molecular flexibility index (Phi) is 3.56. The number of anilines is 2. The minimum Gasteiger partial charge on any atom is -0.393 e. The monoisotopic (exact) mass is 222 g/mol. The van der Waals surface area contributed by atoms with Crippen molar-refractivity contribution in [2.75, 3.05) is 17.6 Å². The summed E-state index contributed by atoms with van der Waals surface area (Å²) in [4.78, 5) is 0. The average molecular weight is 222 g/mol. The molecule has 1 aliphatic carbocycles. The first-order chi connectivity index (χ1) is 7.75. The Morgan fingerprint density at radius 1 is 1.31 bits per heavy atom. The van der Waals surface area contributed by atoms with Crippen molar-refractivity contribution in [2.45, 2.75) is 31.8 Å². The minimum atomic E-state index is -0.178. The molecule has 0 bridgehead atoms. The van der Waals surface area contributed by atoms with E-state index < -0.39 is 0 Å². The Morgan fingerprint density at radius 3 is 2.81 bits per heavy atom. The maximum Gasteiger partial charge on any atom is 0.148 e. The topological polar surface area (TPSA) is 84.1 Å². The number of hydrogen-bond donors (Lipinski definition) is 3. The number of nitrogens with one attached hydrogen (secondary N) is 1. The third-order valence-electron chi connectivity index (χ3n) is 3.10. The van der Waals surface area contributed by atoms with Crippen LogP contribution in [-0.2, 0) is 0 Å². The van der Waals surface area contributed by atoms with Crippen molar-refractivity contribution in [3.05, 3.63) is 12.1 Å². The fourth-order valence-corrected chi connectivity index (χ4v) is 2.10. The molecule has 0 aliphatic heterocycles. The molecule has 0 amide bonds. The van der Waals surface area contributed by atoms with E-state index in [0.29, 0.717) is 17.6 Å². The lowest BCUT2D eigenvalue weighted by molar-refractivity contribution is 0.0763. The second kappa shape index (κ2) is 5.12. The van der Waals surface area contributed by atoms with Crippen LogP contribution in [0, 0.1) is 5.92 Å². The van der Waals surface area contributed by atoms with E-state index in [1.54, 1.807) is 12.1 Å². The van der Waals surface area contributed by atoms with Crippen LogP contribution < -0.4 is 11.1 Å². The van der Waals surface area contributed by atoms with Gasteiger partial charge in [-0.05, 0) is 25.0 Å². The Balaban J connectivity index is 1.84. The summed E-state index contributed by atoms with van der Waals surface area (Å²) in [5, 5.41) is 20.7. The summed E-state index contributed by atoms with van der Waals surface area (Å²) in [7, 11) is 0. The smallest absolute Gasteiger partial charge is 0.148 e. The highest BCUT2D eigenvalue weighted by Crippen LogP contribution is 2.24. The van der Waals surface area contributed by atoms with Crippen LogP contribution in [0.4, 0.5) is 11.6 Å². The number of aliphatic hydroxyl groups excluding tert-OH is 1. The van der Waals surface area contributed by atoms with Gasteiger partial charge >= 0.3 is 0 Å². The van der Waals surface area contributed by atoms with Crippen LogP contribution in [0.1, 0.15) is 25.7 Å². The van der Waals surface area contributed by atoms with Gasteiger partial charge in [-0.2, -0.15) is 0 Å². The van der Waals surface area contributed by atoms with Crippen LogP contribution in [0.15, 0.2) is 12.1 Å². The van der Waals surface area contributed by atoms with Crippen molar-refractivity contribution in [3.8, 4) is 0 Å². The largest absolute Gasteiger partial charge is 0.393 e. The maximum atomic E-state index is 9.80. The van der Waals surface area contributed by atoms with E-state index in [2.05, 4.69) is 15.5 Å². The Bertz CT molecular complexity index is 327. The van der Waals surface area contributed by atoms with E-state index in [0.717, 1.165) is 25.8 Å². The second-order valence-electron chi connectivity index (χ2n) is 4.34. The van der Waals surface area contributed by atoms with Gasteiger partial charge in [0.15, 0.2) is 0 Å². The summed E-state index contributed by atoms with van der Waals surface area (Å²) in [6.45, 7) is 0.750. The summed E-state index contributed by atoms with van der Waals surface area (Å²) in [5.74, 6) is 1.46. The zero-order chi connectivity index (χ0) is 11.4. The van der Waals surface area contributed by atoms with E-state index in [1.807, 2.05) is 0 Å². The number of aromatic nitrogens is 2. The van der Waals surface area contributed by atoms with Gasteiger partial charge in [-0.3, -0.25) is 0 Å². The van der Waals surface area contributed by atoms with Crippen LogP contribution in [0.2, 0.25) is 0 Å². The van der Waals surface area contributed by atoms with Crippen LogP contribution in [0.5, 0.6) is 0 Å². The molecule has 0 saturated heterocycles. The van der Waals surface area contributed by atoms with Crippen LogP contribution in [-0.4, -0.2) is 28.0 Å². The molecule has 1 saturated carbocycles. The fourth-order valence-electron chi connectivity index (χ4n) is 2.10. The van der Waals surface area contributed by atoms with E-state index >= 15 is 0 Å². The van der Waals surface area contributed by atoms with Crippen molar-refractivity contribution in [1.82, 2.24) is 10.2 Å². The molecule has 5 nitrogen and oxygen atoms in total. The highest BCUT2D eigenvalue weighted by atomic mass is 16.3. The predicted octanol–water partition coefficient (Wildman–Crippen LogP) is 1.02. The van der Waals surface area contributed by atoms with E-state index in [1.165, 1.54) is 6.42 Å². The molecule has 88 valence electrons. The molecular weight excluding hydrogens is 204 g/mol. The molecule has 0 spiro atoms. The highest BCUT2D eigenvalue weighted by Gasteiger charge is 2.22. The molecule has 1 heterocycles. The molecule has 16 heavy (non-hydrogen) atoms. The first-order valence-electron chi connectivity index (χ1n) is 5.77. The lowest BCUT2D eigenvalue weighted by atomic mass is 9.86. The Morgan fingerprint density at radius 2 is 2.12 bits per heavy atom. The first-order valence-corrected chi connectivity index (χ1v) is 5.77. The normalized spacial score (nSPS) is 25.3.